The van der Waals surface area contributed by atoms with Crippen LogP contribution in [0.1, 0.15) is 29.3 Å². The predicted molar refractivity (Wildman–Crippen MR) is 86.0 cm³/mol. The summed E-state index contributed by atoms with van der Waals surface area (Å²) < 4.78 is 1.62. The van der Waals surface area contributed by atoms with E-state index >= 15 is 0 Å². The largest absolute Gasteiger partial charge is 0.338 e. The Morgan fingerprint density at radius 1 is 1.35 bits per heavy atom. The number of aromatic nitrogens is 4. The van der Waals surface area contributed by atoms with Crippen molar-refractivity contribution in [2.75, 3.05) is 19.6 Å². The number of carbonyl (C=O) groups is 1. The molecule has 1 saturated heterocycles. The third-order valence-corrected chi connectivity index (χ3v) is 4.36. The molecule has 2 aromatic rings. The first-order valence-electron chi connectivity index (χ1n) is 7.94. The minimum absolute atomic E-state index is 0.00487. The lowest BCUT2D eigenvalue weighted by atomic mass is 9.98. The predicted octanol–water partition coefficient (Wildman–Crippen LogP) is 1.26. The first-order valence-corrected chi connectivity index (χ1v) is 7.94. The van der Waals surface area contributed by atoms with Gasteiger partial charge in [0.25, 0.3) is 0 Å². The molecule has 7 nitrogen and oxygen atoms in total. The smallest absolute Gasteiger partial charge is 0.317 e. The Labute approximate surface area is 135 Å². The molecular formula is C16H22N6O. The van der Waals surface area contributed by atoms with E-state index in [-0.39, 0.29) is 6.03 Å². The van der Waals surface area contributed by atoms with Gasteiger partial charge in [-0.2, -0.15) is 0 Å². The van der Waals surface area contributed by atoms with Crippen molar-refractivity contribution in [3.63, 3.8) is 0 Å². The Kier molecular flexibility index (Phi) is 4.55. The van der Waals surface area contributed by atoms with Crippen LogP contribution in [-0.2, 0) is 13.5 Å². The summed E-state index contributed by atoms with van der Waals surface area (Å²) >= 11 is 0. The number of hydrogen-bond acceptors (Lipinski definition) is 4. The number of tetrazole rings is 1. The maximum absolute atomic E-state index is 12.2. The average Bonchev–Trinajstić information content (AvgIpc) is 3.18. The summed E-state index contributed by atoms with van der Waals surface area (Å²) in [5.41, 5.74) is 2.58. The molecule has 1 aromatic heterocycles. The van der Waals surface area contributed by atoms with E-state index in [0.29, 0.717) is 18.9 Å². The Balaban J connectivity index is 1.47. The van der Waals surface area contributed by atoms with Gasteiger partial charge in [-0.25, -0.2) is 9.48 Å². The third-order valence-electron chi connectivity index (χ3n) is 4.36. The molecule has 1 aromatic carbocycles. The van der Waals surface area contributed by atoms with Crippen LogP contribution in [0, 0.1) is 6.92 Å². The fourth-order valence-corrected chi connectivity index (χ4v) is 2.91. The van der Waals surface area contributed by atoms with Crippen LogP contribution in [0.15, 0.2) is 24.3 Å². The number of benzene rings is 1. The molecular weight excluding hydrogens is 292 g/mol. The van der Waals surface area contributed by atoms with Gasteiger partial charge in [0.2, 0.25) is 0 Å². The number of urea groups is 1. The van der Waals surface area contributed by atoms with Crippen molar-refractivity contribution < 1.29 is 4.79 Å². The van der Waals surface area contributed by atoms with Gasteiger partial charge in [-0.05, 0) is 29.3 Å². The summed E-state index contributed by atoms with van der Waals surface area (Å²) in [6, 6.07) is 8.60. The monoisotopic (exact) mass is 314 g/mol. The second-order valence-electron chi connectivity index (χ2n) is 6.04. The lowest BCUT2D eigenvalue weighted by Crippen LogP contribution is -2.39. The van der Waals surface area contributed by atoms with Crippen LogP contribution < -0.4 is 5.32 Å². The van der Waals surface area contributed by atoms with Gasteiger partial charge in [-0.15, -0.1) is 5.10 Å². The van der Waals surface area contributed by atoms with E-state index in [2.05, 4.69) is 52.0 Å². The number of carbonyl (C=O) groups excluding carboxylic acids is 1. The maximum atomic E-state index is 12.2. The van der Waals surface area contributed by atoms with Gasteiger partial charge in [-0.3, -0.25) is 0 Å². The van der Waals surface area contributed by atoms with Gasteiger partial charge in [-0.1, -0.05) is 29.8 Å². The van der Waals surface area contributed by atoms with Crippen LogP contribution in [0.4, 0.5) is 4.79 Å². The number of rotatable bonds is 4. The van der Waals surface area contributed by atoms with Gasteiger partial charge < -0.3 is 10.2 Å². The summed E-state index contributed by atoms with van der Waals surface area (Å²) in [4.78, 5) is 14.1. The summed E-state index contributed by atoms with van der Waals surface area (Å²) in [5.74, 6) is 1.20. The van der Waals surface area contributed by atoms with E-state index in [9.17, 15) is 4.79 Å². The molecule has 1 aliphatic heterocycles. The minimum Gasteiger partial charge on any atom is -0.338 e. The van der Waals surface area contributed by atoms with Crippen LogP contribution in [-0.4, -0.2) is 50.8 Å². The SMILES string of the molecule is Cc1ccc(C2CCN(C(=O)NCCc3nnnn3C)C2)cc1. The van der Waals surface area contributed by atoms with Crippen molar-refractivity contribution in [3.8, 4) is 0 Å². The van der Waals surface area contributed by atoms with Gasteiger partial charge in [0.1, 0.15) is 0 Å². The molecule has 1 atom stereocenters. The summed E-state index contributed by atoms with van der Waals surface area (Å²) in [6.07, 6.45) is 1.65. The van der Waals surface area contributed by atoms with Gasteiger partial charge in [0.15, 0.2) is 5.82 Å². The zero-order valence-corrected chi connectivity index (χ0v) is 13.6. The highest BCUT2D eigenvalue weighted by molar-refractivity contribution is 5.74. The Morgan fingerprint density at radius 2 is 2.13 bits per heavy atom. The van der Waals surface area contributed by atoms with E-state index in [1.54, 1.807) is 11.7 Å². The maximum Gasteiger partial charge on any atom is 0.317 e. The normalized spacial score (nSPS) is 17.5. The van der Waals surface area contributed by atoms with Crippen LogP contribution in [0.25, 0.3) is 0 Å². The molecule has 1 N–H and O–H groups in total. The number of aryl methyl sites for hydroxylation is 2. The molecule has 2 amide bonds. The number of hydrogen-bond donors (Lipinski definition) is 1. The third kappa shape index (κ3) is 3.67. The Hall–Kier alpha value is -2.44. The number of nitrogens with zero attached hydrogens (tertiary/aromatic N) is 5. The lowest BCUT2D eigenvalue weighted by Gasteiger charge is -2.17. The fourth-order valence-electron chi connectivity index (χ4n) is 2.91. The molecule has 0 spiro atoms. The van der Waals surface area contributed by atoms with E-state index in [0.717, 1.165) is 25.3 Å². The van der Waals surface area contributed by atoms with Crippen molar-refractivity contribution >= 4 is 6.03 Å². The highest BCUT2D eigenvalue weighted by Gasteiger charge is 2.27. The van der Waals surface area contributed by atoms with Crippen LogP contribution >= 0.6 is 0 Å². The van der Waals surface area contributed by atoms with E-state index in [4.69, 9.17) is 0 Å². The van der Waals surface area contributed by atoms with Crippen LogP contribution in [0.3, 0.4) is 0 Å². The van der Waals surface area contributed by atoms with E-state index in [1.165, 1.54) is 11.1 Å². The molecule has 0 bridgehead atoms. The minimum atomic E-state index is -0.00487. The quantitative estimate of drug-likeness (QED) is 0.922. The first-order chi connectivity index (χ1) is 11.1. The molecule has 2 heterocycles. The van der Waals surface area contributed by atoms with Gasteiger partial charge in [0, 0.05) is 39.0 Å². The molecule has 1 fully saturated rings. The lowest BCUT2D eigenvalue weighted by molar-refractivity contribution is 0.208. The van der Waals surface area contributed by atoms with Crippen molar-refractivity contribution in [2.24, 2.45) is 7.05 Å². The standard InChI is InChI=1S/C16H22N6O/c1-12-3-5-13(6-4-12)14-8-10-22(11-14)16(23)17-9-7-15-18-19-20-21(15)2/h3-6,14H,7-11H2,1-2H3,(H,17,23). The molecule has 1 unspecified atom stereocenters. The topological polar surface area (TPSA) is 75.9 Å². The average molecular weight is 314 g/mol. The number of amides is 2. The zero-order chi connectivity index (χ0) is 16.2. The summed E-state index contributed by atoms with van der Waals surface area (Å²) in [7, 11) is 1.80. The molecule has 23 heavy (non-hydrogen) atoms. The fraction of sp³-hybridized carbons (Fsp3) is 0.500. The van der Waals surface area contributed by atoms with E-state index < -0.39 is 0 Å². The zero-order valence-electron chi connectivity index (χ0n) is 13.6. The highest BCUT2D eigenvalue weighted by Crippen LogP contribution is 2.27. The van der Waals surface area contributed by atoms with Gasteiger partial charge in [0.05, 0.1) is 0 Å². The molecule has 7 heteroatoms. The van der Waals surface area contributed by atoms with Crippen LogP contribution in [0.2, 0.25) is 0 Å². The second-order valence-corrected chi connectivity index (χ2v) is 6.04. The molecule has 0 aliphatic carbocycles. The summed E-state index contributed by atoms with van der Waals surface area (Å²) in [6.45, 7) is 4.21. The second kappa shape index (κ2) is 6.76. The Bertz CT molecular complexity index is 665. The van der Waals surface area contributed by atoms with Crippen molar-refractivity contribution in [1.82, 2.24) is 30.4 Å². The Morgan fingerprint density at radius 3 is 2.83 bits per heavy atom. The molecule has 3 rings (SSSR count). The molecule has 0 radical (unpaired) electrons. The number of likely N-dealkylation sites (tertiary alicyclic amines) is 1. The van der Waals surface area contributed by atoms with Crippen molar-refractivity contribution in [1.29, 1.82) is 0 Å². The first kappa shape index (κ1) is 15.5. The van der Waals surface area contributed by atoms with Crippen molar-refractivity contribution in [2.45, 2.75) is 25.7 Å². The summed E-state index contributed by atoms with van der Waals surface area (Å²) in [5, 5.41) is 14.2. The van der Waals surface area contributed by atoms with E-state index in [1.807, 2.05) is 4.90 Å². The van der Waals surface area contributed by atoms with Crippen LogP contribution in [0.5, 0.6) is 0 Å². The number of nitrogens with one attached hydrogen (secondary N) is 1. The molecule has 122 valence electrons. The van der Waals surface area contributed by atoms with Gasteiger partial charge >= 0.3 is 6.03 Å². The van der Waals surface area contributed by atoms with Crippen molar-refractivity contribution in [3.05, 3.63) is 41.2 Å². The molecule has 1 aliphatic rings. The molecule has 0 saturated carbocycles. The highest BCUT2D eigenvalue weighted by atomic mass is 16.2.